The highest BCUT2D eigenvalue weighted by Gasteiger charge is 2.45. The molecule has 25 heteroatoms. The first-order valence-corrected chi connectivity index (χ1v) is 31.8. The Labute approximate surface area is 531 Å². The fourth-order valence-corrected chi connectivity index (χ4v) is 10.9. The highest BCUT2D eigenvalue weighted by molar-refractivity contribution is 5.99. The second-order valence-corrected chi connectivity index (χ2v) is 26.4. The SMILES string of the molecule is CC=CC[C@@H](C)[C@@H](O)[C@@H](C(=O)N[C@H](C(=O)O)C(C)O)N(C)C(=O)[C@H](C(C)C)N(C)C(=O)[C@H](CC(C)C)NC(=O)[C@H](CC(C)C)N(C)C(=O)[C@@H](C)NC(=O)[C@H](C)NC(=O)[C@H](CC(C)C)N(C)C(=O)[C@H](CC(C)C)NC(=O)[C@H](C(C)CC)N(C)C(=O)[C@@H](CC)NC. The van der Waals surface area contributed by atoms with E-state index in [1.165, 1.54) is 63.7 Å². The molecule has 0 bridgehead atoms. The zero-order chi connectivity index (χ0) is 69.4. The zero-order valence-electron chi connectivity index (χ0n) is 58.2. The third-order valence-corrected chi connectivity index (χ3v) is 16.4. The highest BCUT2D eigenvalue weighted by Crippen LogP contribution is 2.24. The summed E-state index contributed by atoms with van der Waals surface area (Å²) in [6.45, 7) is 31.3. The van der Waals surface area contributed by atoms with Crippen molar-refractivity contribution in [3.8, 4) is 0 Å². The van der Waals surface area contributed by atoms with Crippen molar-refractivity contribution >= 4 is 65.0 Å². The Morgan fingerprint density at radius 3 is 1.22 bits per heavy atom. The molecule has 0 aromatic heterocycles. The summed E-state index contributed by atoms with van der Waals surface area (Å²) in [4.78, 5) is 161. The standard InChI is InChI=1S/C64H117N11O14/c1-25-28-29-40(15)53(77)52(58(82)70-49(43(18)76)64(88)89)75(24)63(87)50(38(12)13)73(22)62(86)46(31-35(6)7)68-56(80)48(33-37(10)11)71(20)59(83)42(17)67-54(78)41(16)66-55(79)47(32-36(8)9)72(21)61(85)45(30-34(4)5)69-57(81)51(39(14)26-2)74(23)60(84)44(27-3)65-19/h25,28,34-53,65,76-77H,26-27,29-33H2,1-24H3,(H,66,79)(H,67,78)(H,68,80)(H,69,81)(H,70,82)(H,88,89)/t39?,40-,41+,42-,43?,44-,45+,46+,47+,48+,49+,50+,51+,52+,53-/m1/s1. The van der Waals surface area contributed by atoms with E-state index in [1.807, 2.05) is 76.2 Å². The van der Waals surface area contributed by atoms with Gasteiger partial charge in [-0.25, -0.2) is 4.79 Å². The number of allylic oxidation sites excluding steroid dienone is 2. The van der Waals surface area contributed by atoms with Crippen LogP contribution in [0.4, 0.5) is 0 Å². The fraction of sp³-hybridized carbons (Fsp3) is 0.797. The van der Waals surface area contributed by atoms with Crippen LogP contribution in [-0.4, -0.2) is 226 Å². The van der Waals surface area contributed by atoms with Crippen molar-refractivity contribution in [2.24, 2.45) is 41.4 Å². The largest absolute Gasteiger partial charge is 0.480 e. The van der Waals surface area contributed by atoms with Crippen molar-refractivity contribution in [3.05, 3.63) is 12.2 Å². The van der Waals surface area contributed by atoms with Gasteiger partial charge in [-0.15, -0.1) is 0 Å². The van der Waals surface area contributed by atoms with E-state index in [0.29, 0.717) is 12.8 Å². The number of likely N-dealkylation sites (N-methyl/N-ethyl adjacent to an activating group) is 6. The van der Waals surface area contributed by atoms with Gasteiger partial charge in [0, 0.05) is 35.2 Å². The Bertz CT molecular complexity index is 2360. The Morgan fingerprint density at radius 2 is 0.820 bits per heavy atom. The fourth-order valence-electron chi connectivity index (χ4n) is 10.9. The number of aliphatic hydroxyl groups excluding tert-OH is 2. The van der Waals surface area contributed by atoms with Crippen molar-refractivity contribution in [1.29, 1.82) is 0 Å². The quantitative estimate of drug-likeness (QED) is 0.0400. The van der Waals surface area contributed by atoms with Crippen LogP contribution in [0.3, 0.4) is 0 Å². The van der Waals surface area contributed by atoms with Crippen molar-refractivity contribution in [2.75, 3.05) is 42.3 Å². The lowest BCUT2D eigenvalue weighted by Gasteiger charge is -2.40. The molecule has 0 aliphatic carbocycles. The summed E-state index contributed by atoms with van der Waals surface area (Å²) in [5.74, 6) is -10.3. The van der Waals surface area contributed by atoms with E-state index < -0.39 is 150 Å². The van der Waals surface area contributed by atoms with Crippen LogP contribution in [0.1, 0.15) is 170 Å². The van der Waals surface area contributed by atoms with E-state index in [0.717, 1.165) is 9.80 Å². The van der Waals surface area contributed by atoms with Crippen LogP contribution in [0.15, 0.2) is 12.2 Å². The topological polar surface area (TPSA) is 337 Å². The molecule has 89 heavy (non-hydrogen) atoms. The van der Waals surface area contributed by atoms with E-state index in [4.69, 9.17) is 0 Å². The van der Waals surface area contributed by atoms with Gasteiger partial charge in [-0.1, -0.05) is 116 Å². The molecule has 0 aromatic rings. The van der Waals surface area contributed by atoms with E-state index in [1.54, 1.807) is 53.9 Å². The number of carboxylic acids is 1. The molecule has 9 N–H and O–H groups in total. The number of amides is 10. The molecular formula is C64H117N11O14. The number of aliphatic carboxylic acids is 1. The molecular weight excluding hydrogens is 1150 g/mol. The van der Waals surface area contributed by atoms with Gasteiger partial charge in [-0.3, -0.25) is 47.9 Å². The number of carbonyl (C=O) groups is 11. The van der Waals surface area contributed by atoms with Crippen molar-refractivity contribution in [3.63, 3.8) is 0 Å². The summed E-state index contributed by atoms with van der Waals surface area (Å²) in [6, 6.07) is -13.3. The molecule has 0 saturated heterocycles. The van der Waals surface area contributed by atoms with E-state index in [2.05, 4.69) is 31.9 Å². The van der Waals surface area contributed by atoms with Crippen LogP contribution in [-0.2, 0) is 52.7 Å². The van der Waals surface area contributed by atoms with Gasteiger partial charge in [0.15, 0.2) is 6.04 Å². The summed E-state index contributed by atoms with van der Waals surface area (Å²) in [5, 5.41) is 48.0. The minimum absolute atomic E-state index is 0.0718. The van der Waals surface area contributed by atoms with Gasteiger partial charge in [0.1, 0.15) is 54.4 Å². The first kappa shape index (κ1) is 82.8. The smallest absolute Gasteiger partial charge is 0.328 e. The predicted octanol–water partition coefficient (Wildman–Crippen LogP) is 2.90. The monoisotopic (exact) mass is 1260 g/mol. The summed E-state index contributed by atoms with van der Waals surface area (Å²) in [7, 11) is 8.74. The second kappa shape index (κ2) is 39.1. The molecule has 512 valence electrons. The van der Waals surface area contributed by atoms with Crippen molar-refractivity contribution < 1.29 is 68.1 Å². The van der Waals surface area contributed by atoms with E-state index in [9.17, 15) is 68.1 Å². The maximum Gasteiger partial charge on any atom is 0.328 e. The number of nitrogens with one attached hydrogen (secondary N) is 6. The lowest BCUT2D eigenvalue weighted by Crippen LogP contribution is -2.63. The van der Waals surface area contributed by atoms with E-state index in [-0.39, 0.29) is 67.6 Å². The van der Waals surface area contributed by atoms with Gasteiger partial charge >= 0.3 is 5.97 Å². The Morgan fingerprint density at radius 1 is 0.427 bits per heavy atom. The molecule has 0 radical (unpaired) electrons. The first-order valence-electron chi connectivity index (χ1n) is 31.8. The van der Waals surface area contributed by atoms with Crippen LogP contribution in [0, 0.1) is 41.4 Å². The Hall–Kier alpha value is -6.21. The molecule has 0 rings (SSSR count). The van der Waals surface area contributed by atoms with Gasteiger partial charge < -0.3 is 71.7 Å². The number of aliphatic hydroxyl groups is 2. The van der Waals surface area contributed by atoms with E-state index >= 15 is 0 Å². The van der Waals surface area contributed by atoms with Crippen LogP contribution < -0.4 is 31.9 Å². The van der Waals surface area contributed by atoms with Crippen LogP contribution in [0.2, 0.25) is 0 Å². The average Bonchev–Trinajstić information content (AvgIpc) is 1.84. The van der Waals surface area contributed by atoms with Gasteiger partial charge in [-0.2, -0.15) is 0 Å². The molecule has 0 heterocycles. The molecule has 0 aromatic carbocycles. The summed E-state index contributed by atoms with van der Waals surface area (Å²) in [5.41, 5.74) is 0. The molecule has 25 nitrogen and oxygen atoms in total. The third-order valence-electron chi connectivity index (χ3n) is 16.4. The molecule has 2 unspecified atom stereocenters. The van der Waals surface area contributed by atoms with Crippen LogP contribution in [0.25, 0.3) is 0 Å². The maximum atomic E-state index is 14.8. The molecule has 10 amide bonds. The maximum absolute atomic E-state index is 14.8. The van der Waals surface area contributed by atoms with Crippen LogP contribution in [0.5, 0.6) is 0 Å². The first-order chi connectivity index (χ1) is 41.1. The molecule has 0 spiro atoms. The summed E-state index contributed by atoms with van der Waals surface area (Å²) >= 11 is 0. The Kier molecular flexibility index (Phi) is 36.4. The van der Waals surface area contributed by atoms with Gasteiger partial charge in [0.05, 0.1) is 18.2 Å². The molecule has 0 aliphatic rings. The molecule has 0 aliphatic heterocycles. The predicted molar refractivity (Wildman–Crippen MR) is 343 cm³/mol. The van der Waals surface area contributed by atoms with Gasteiger partial charge in [-0.05, 0) is 115 Å². The summed E-state index contributed by atoms with van der Waals surface area (Å²) in [6.07, 6.45) is 2.36. The number of hydrogen-bond donors (Lipinski definition) is 9. The second-order valence-electron chi connectivity index (χ2n) is 26.4. The van der Waals surface area contributed by atoms with Gasteiger partial charge in [0.2, 0.25) is 59.1 Å². The van der Waals surface area contributed by atoms with Gasteiger partial charge in [0.25, 0.3) is 0 Å². The summed E-state index contributed by atoms with van der Waals surface area (Å²) < 4.78 is 0. The van der Waals surface area contributed by atoms with Crippen molar-refractivity contribution in [2.45, 2.75) is 248 Å². The van der Waals surface area contributed by atoms with Crippen molar-refractivity contribution in [1.82, 2.24) is 56.4 Å². The molecule has 0 saturated carbocycles. The average molecular weight is 1260 g/mol. The highest BCUT2D eigenvalue weighted by atomic mass is 16.4. The number of nitrogens with zero attached hydrogens (tertiary/aromatic N) is 5. The molecule has 15 atom stereocenters. The lowest BCUT2D eigenvalue weighted by molar-refractivity contribution is -0.155. The Balaban J connectivity index is 6.88. The number of hydrogen-bond acceptors (Lipinski definition) is 14. The zero-order valence-corrected chi connectivity index (χ0v) is 58.2. The minimum atomic E-state index is -1.78. The molecule has 0 fully saturated rings. The van der Waals surface area contributed by atoms with Crippen LogP contribution >= 0.6 is 0 Å². The number of carbonyl (C=O) groups excluding carboxylic acids is 10. The minimum Gasteiger partial charge on any atom is -0.480 e. The lowest BCUT2D eigenvalue weighted by atomic mass is 9.91. The number of carboxylic acid groups (broad SMARTS) is 1. The number of rotatable bonds is 39. The third kappa shape index (κ3) is 25.2. The normalized spacial score (nSPS) is 16.9.